The lowest BCUT2D eigenvalue weighted by molar-refractivity contribution is -0.139. The van der Waals surface area contributed by atoms with E-state index in [1.165, 1.54) is 16.7 Å². The van der Waals surface area contributed by atoms with Crippen molar-refractivity contribution in [2.45, 2.75) is 65.4 Å². The first-order valence-corrected chi connectivity index (χ1v) is 13.7. The molecule has 0 bridgehead atoms. The van der Waals surface area contributed by atoms with Gasteiger partial charge in [-0.1, -0.05) is 89.5 Å². The molecule has 2 amide bonds. The maximum Gasteiger partial charge on any atom is 0.243 e. The van der Waals surface area contributed by atoms with Crippen LogP contribution in [0.25, 0.3) is 0 Å². The fourth-order valence-electron chi connectivity index (χ4n) is 4.43. The molecule has 0 fully saturated rings. The van der Waals surface area contributed by atoms with Gasteiger partial charge in [-0.2, -0.15) is 0 Å². The van der Waals surface area contributed by atoms with E-state index in [1.54, 1.807) is 16.7 Å². The number of hydrogen-bond acceptors (Lipinski definition) is 3. The first-order chi connectivity index (χ1) is 17.2. The Kier molecular flexibility index (Phi) is 10.2. The fourth-order valence-corrected chi connectivity index (χ4v) is 5.28. The number of hydrogen-bond donors (Lipinski definition) is 1. The summed E-state index contributed by atoms with van der Waals surface area (Å²) in [6.45, 7) is 10.5. The first-order valence-electron chi connectivity index (χ1n) is 12.6. The van der Waals surface area contributed by atoms with E-state index in [0.29, 0.717) is 18.7 Å². The predicted octanol–water partition coefficient (Wildman–Crippen LogP) is 6.01. The molecule has 190 valence electrons. The normalized spacial score (nSPS) is 11.8. The van der Waals surface area contributed by atoms with Gasteiger partial charge in [-0.05, 0) is 51.3 Å². The Bertz CT molecular complexity index is 1140. The van der Waals surface area contributed by atoms with Gasteiger partial charge in [0.1, 0.15) is 6.04 Å². The topological polar surface area (TPSA) is 49.4 Å². The van der Waals surface area contributed by atoms with Crippen LogP contribution in [0, 0.1) is 20.8 Å². The standard InChI is InChI=1S/C31H38N2O2S/c1-22(2)32-31(35)29(18-26-11-7-6-8-12-26)33(19-27-13-9-10-23(3)15-27)30(34)21-36-20-28-16-24(4)14-25(5)17-28/h6-17,22,29H,18-21H2,1-5H3,(H,32,35). The van der Waals surface area contributed by atoms with Crippen molar-refractivity contribution >= 4 is 23.6 Å². The molecule has 0 aliphatic rings. The SMILES string of the molecule is Cc1cc(C)cc(CSCC(=O)N(Cc2cccc(C)c2)C(Cc2ccccc2)C(=O)NC(C)C)c1. The Morgan fingerprint density at radius 3 is 2.08 bits per heavy atom. The van der Waals surface area contributed by atoms with Gasteiger partial charge in [0.2, 0.25) is 11.8 Å². The first kappa shape index (κ1) is 27.5. The Balaban J connectivity index is 1.85. The number of rotatable bonds is 11. The van der Waals surface area contributed by atoms with Crippen LogP contribution >= 0.6 is 11.8 Å². The lowest BCUT2D eigenvalue weighted by atomic mass is 10.0. The Morgan fingerprint density at radius 1 is 0.806 bits per heavy atom. The molecule has 0 heterocycles. The van der Waals surface area contributed by atoms with E-state index in [1.807, 2.05) is 69.3 Å². The summed E-state index contributed by atoms with van der Waals surface area (Å²) in [5, 5.41) is 3.05. The highest BCUT2D eigenvalue weighted by Crippen LogP contribution is 2.20. The molecule has 0 saturated heterocycles. The second kappa shape index (κ2) is 13.3. The van der Waals surface area contributed by atoms with E-state index in [-0.39, 0.29) is 17.9 Å². The van der Waals surface area contributed by atoms with Crippen molar-refractivity contribution in [2.24, 2.45) is 0 Å². The lowest BCUT2D eigenvalue weighted by Crippen LogP contribution is -2.52. The average Bonchev–Trinajstić information content (AvgIpc) is 2.81. The lowest BCUT2D eigenvalue weighted by Gasteiger charge is -2.32. The molecule has 0 aromatic heterocycles. The van der Waals surface area contributed by atoms with Crippen LogP contribution < -0.4 is 5.32 Å². The number of benzene rings is 3. The van der Waals surface area contributed by atoms with Gasteiger partial charge in [0.15, 0.2) is 0 Å². The van der Waals surface area contributed by atoms with Gasteiger partial charge < -0.3 is 10.2 Å². The second-order valence-electron chi connectivity index (χ2n) is 9.87. The van der Waals surface area contributed by atoms with Crippen molar-refractivity contribution in [2.75, 3.05) is 5.75 Å². The molecule has 3 aromatic carbocycles. The quantitative estimate of drug-likeness (QED) is 0.349. The van der Waals surface area contributed by atoms with Crippen molar-refractivity contribution in [3.8, 4) is 0 Å². The third kappa shape index (κ3) is 8.56. The molecular weight excluding hydrogens is 464 g/mol. The molecule has 0 spiro atoms. The molecule has 0 saturated carbocycles. The van der Waals surface area contributed by atoms with E-state index < -0.39 is 6.04 Å². The molecular formula is C31H38N2O2S. The van der Waals surface area contributed by atoms with Crippen LogP contribution in [0.2, 0.25) is 0 Å². The van der Waals surface area contributed by atoms with Gasteiger partial charge >= 0.3 is 0 Å². The summed E-state index contributed by atoms with van der Waals surface area (Å²) in [6.07, 6.45) is 0.471. The van der Waals surface area contributed by atoms with E-state index in [2.05, 4.69) is 43.4 Å². The van der Waals surface area contributed by atoms with Gasteiger partial charge in [0, 0.05) is 24.8 Å². The number of aryl methyl sites for hydroxylation is 3. The van der Waals surface area contributed by atoms with Crippen LogP contribution in [0.15, 0.2) is 72.8 Å². The number of nitrogens with one attached hydrogen (secondary N) is 1. The summed E-state index contributed by atoms with van der Waals surface area (Å²) in [5.41, 5.74) is 6.87. The third-order valence-corrected chi connectivity index (χ3v) is 6.90. The van der Waals surface area contributed by atoms with Crippen LogP contribution in [0.4, 0.5) is 0 Å². The van der Waals surface area contributed by atoms with Gasteiger partial charge in [-0.15, -0.1) is 11.8 Å². The molecule has 1 unspecified atom stereocenters. The minimum atomic E-state index is -0.593. The number of nitrogens with zero attached hydrogens (tertiary/aromatic N) is 1. The largest absolute Gasteiger partial charge is 0.352 e. The summed E-state index contributed by atoms with van der Waals surface area (Å²) in [5.74, 6) is 0.938. The summed E-state index contributed by atoms with van der Waals surface area (Å²) < 4.78 is 0. The van der Waals surface area contributed by atoms with Crippen LogP contribution in [0.1, 0.15) is 47.2 Å². The molecule has 0 aliphatic heterocycles. The summed E-state index contributed by atoms with van der Waals surface area (Å²) in [7, 11) is 0. The van der Waals surface area contributed by atoms with E-state index in [4.69, 9.17) is 0 Å². The van der Waals surface area contributed by atoms with Crippen molar-refractivity contribution < 1.29 is 9.59 Å². The van der Waals surface area contributed by atoms with Gasteiger partial charge in [0.05, 0.1) is 5.75 Å². The van der Waals surface area contributed by atoms with Crippen LogP contribution in [0.5, 0.6) is 0 Å². The van der Waals surface area contributed by atoms with E-state index >= 15 is 0 Å². The van der Waals surface area contributed by atoms with E-state index in [0.717, 1.165) is 22.4 Å². The predicted molar refractivity (Wildman–Crippen MR) is 151 cm³/mol. The maximum absolute atomic E-state index is 13.7. The number of amides is 2. The monoisotopic (exact) mass is 502 g/mol. The fraction of sp³-hybridized carbons (Fsp3) is 0.355. The Morgan fingerprint density at radius 2 is 1.44 bits per heavy atom. The Labute approximate surface area is 220 Å². The highest BCUT2D eigenvalue weighted by atomic mass is 32.2. The molecule has 1 N–H and O–H groups in total. The average molecular weight is 503 g/mol. The molecule has 5 heteroatoms. The zero-order chi connectivity index (χ0) is 26.1. The summed E-state index contributed by atoms with van der Waals surface area (Å²) in [4.78, 5) is 28.9. The van der Waals surface area contributed by atoms with Crippen LogP contribution in [-0.2, 0) is 28.3 Å². The molecule has 36 heavy (non-hydrogen) atoms. The molecule has 4 nitrogen and oxygen atoms in total. The number of carbonyl (C=O) groups is 2. The zero-order valence-corrected chi connectivity index (χ0v) is 22.9. The van der Waals surface area contributed by atoms with Crippen molar-refractivity contribution in [3.63, 3.8) is 0 Å². The van der Waals surface area contributed by atoms with E-state index in [9.17, 15) is 9.59 Å². The number of carbonyl (C=O) groups excluding carboxylic acids is 2. The molecule has 1 atom stereocenters. The second-order valence-corrected chi connectivity index (χ2v) is 10.9. The van der Waals surface area contributed by atoms with Crippen LogP contribution in [0.3, 0.4) is 0 Å². The molecule has 0 aliphatic carbocycles. The summed E-state index contributed by atoms with van der Waals surface area (Å²) >= 11 is 1.60. The highest BCUT2D eigenvalue weighted by molar-refractivity contribution is 7.99. The van der Waals surface area contributed by atoms with Crippen molar-refractivity contribution in [1.29, 1.82) is 0 Å². The van der Waals surface area contributed by atoms with Gasteiger partial charge in [-0.3, -0.25) is 9.59 Å². The van der Waals surface area contributed by atoms with Crippen LogP contribution in [-0.4, -0.2) is 34.6 Å². The molecule has 0 radical (unpaired) electrons. The Hall–Kier alpha value is -3.05. The number of thioether (sulfide) groups is 1. The minimum absolute atomic E-state index is 0.00868. The smallest absolute Gasteiger partial charge is 0.243 e. The molecule has 3 rings (SSSR count). The van der Waals surface area contributed by atoms with Gasteiger partial charge in [-0.25, -0.2) is 0 Å². The highest BCUT2D eigenvalue weighted by Gasteiger charge is 2.30. The third-order valence-electron chi connectivity index (χ3n) is 5.91. The van der Waals surface area contributed by atoms with Crippen molar-refractivity contribution in [1.82, 2.24) is 10.2 Å². The van der Waals surface area contributed by atoms with Crippen molar-refractivity contribution in [3.05, 3.63) is 106 Å². The van der Waals surface area contributed by atoms with Gasteiger partial charge in [0.25, 0.3) is 0 Å². The zero-order valence-electron chi connectivity index (χ0n) is 22.1. The summed E-state index contributed by atoms with van der Waals surface area (Å²) in [6, 6.07) is 24.0. The molecule has 3 aromatic rings. The maximum atomic E-state index is 13.7. The minimum Gasteiger partial charge on any atom is -0.352 e.